The second-order valence-corrected chi connectivity index (χ2v) is 7.09. The van der Waals surface area contributed by atoms with E-state index in [0.717, 1.165) is 31.2 Å². The third kappa shape index (κ3) is 5.85. The van der Waals surface area contributed by atoms with Crippen molar-refractivity contribution in [1.29, 1.82) is 0 Å². The lowest BCUT2D eigenvalue weighted by molar-refractivity contribution is -0.141. The van der Waals surface area contributed by atoms with Gasteiger partial charge in [-0.25, -0.2) is 0 Å². The normalized spacial score (nSPS) is 17.5. The van der Waals surface area contributed by atoms with Crippen LogP contribution in [0.15, 0.2) is 30.3 Å². The minimum absolute atomic E-state index is 0.0195. The van der Waals surface area contributed by atoms with Crippen LogP contribution in [-0.4, -0.2) is 25.5 Å². The highest BCUT2D eigenvalue weighted by molar-refractivity contribution is 5.77. The molecule has 1 fully saturated rings. The number of ether oxygens (including phenoxy) is 1. The van der Waals surface area contributed by atoms with Crippen LogP contribution in [0.25, 0.3) is 0 Å². The van der Waals surface area contributed by atoms with Crippen LogP contribution < -0.4 is 11.1 Å². The molecule has 0 radical (unpaired) electrons. The molecule has 3 N–H and O–H groups in total. The highest BCUT2D eigenvalue weighted by atomic mass is 16.5. The summed E-state index contributed by atoms with van der Waals surface area (Å²) in [5.74, 6) is -0.244. The number of hydrogen-bond acceptors (Lipinski definition) is 4. The third-order valence-electron chi connectivity index (χ3n) is 5.28. The number of esters is 1. The summed E-state index contributed by atoms with van der Waals surface area (Å²) in [5.41, 5.74) is 6.94. The molecule has 1 atom stereocenters. The molecule has 138 valence electrons. The summed E-state index contributed by atoms with van der Waals surface area (Å²) in [4.78, 5) is 24.2. The fourth-order valence-corrected chi connectivity index (χ4v) is 3.71. The Balaban J connectivity index is 2.01. The van der Waals surface area contributed by atoms with Crippen molar-refractivity contribution in [1.82, 2.24) is 5.32 Å². The van der Waals surface area contributed by atoms with E-state index in [4.69, 9.17) is 10.5 Å². The Kier molecular flexibility index (Phi) is 7.44. The molecule has 0 aromatic heterocycles. The van der Waals surface area contributed by atoms with Crippen LogP contribution in [0.4, 0.5) is 0 Å². The largest absolute Gasteiger partial charge is 0.469 e. The Labute approximate surface area is 150 Å². The van der Waals surface area contributed by atoms with Gasteiger partial charge in [0.25, 0.3) is 0 Å². The molecule has 0 bridgehead atoms. The average Bonchev–Trinajstić information content (AvgIpc) is 2.66. The predicted octanol–water partition coefficient (Wildman–Crippen LogP) is 3.10. The molecule has 1 aliphatic rings. The molecule has 5 nitrogen and oxygen atoms in total. The standard InChI is InChI=1S/C20H30N2O3/c1-25-19(24)11-10-17(16-8-4-2-5-9-16)22-18(23)14-20(15-21)12-6-3-7-13-20/h2,4-5,8-9,17H,3,6-7,10-15,21H2,1H3,(H,22,23). The molecule has 1 aliphatic carbocycles. The van der Waals surface area contributed by atoms with Gasteiger partial charge in [0.1, 0.15) is 0 Å². The first-order valence-corrected chi connectivity index (χ1v) is 9.20. The van der Waals surface area contributed by atoms with Crippen LogP contribution in [0.1, 0.15) is 63.0 Å². The van der Waals surface area contributed by atoms with Crippen LogP contribution in [0, 0.1) is 5.41 Å². The van der Waals surface area contributed by atoms with Gasteiger partial charge in [-0.1, -0.05) is 49.6 Å². The Bertz CT molecular complexity index is 553. The molecule has 1 aromatic carbocycles. The molecular weight excluding hydrogens is 316 g/mol. The van der Waals surface area contributed by atoms with Gasteiger partial charge in [-0.15, -0.1) is 0 Å². The summed E-state index contributed by atoms with van der Waals surface area (Å²) in [6, 6.07) is 9.58. The summed E-state index contributed by atoms with van der Waals surface area (Å²) in [5, 5.41) is 3.12. The molecule has 2 rings (SSSR count). The van der Waals surface area contributed by atoms with Crippen LogP contribution in [0.5, 0.6) is 0 Å². The number of carbonyl (C=O) groups excluding carboxylic acids is 2. The van der Waals surface area contributed by atoms with Crippen molar-refractivity contribution in [2.45, 2.75) is 57.4 Å². The van der Waals surface area contributed by atoms with Gasteiger partial charge in [-0.3, -0.25) is 9.59 Å². The highest BCUT2D eigenvalue weighted by Crippen LogP contribution is 2.38. The Hall–Kier alpha value is -1.88. The fourth-order valence-electron chi connectivity index (χ4n) is 3.71. The van der Waals surface area contributed by atoms with Gasteiger partial charge in [0.2, 0.25) is 5.91 Å². The first kappa shape index (κ1) is 19.4. The smallest absolute Gasteiger partial charge is 0.305 e. The topological polar surface area (TPSA) is 81.4 Å². The van der Waals surface area contributed by atoms with Crippen molar-refractivity contribution in [3.8, 4) is 0 Å². The van der Waals surface area contributed by atoms with Crippen molar-refractivity contribution in [3.05, 3.63) is 35.9 Å². The molecule has 1 amide bonds. The van der Waals surface area contributed by atoms with E-state index in [1.165, 1.54) is 13.5 Å². The summed E-state index contributed by atoms with van der Waals surface area (Å²) in [6.45, 7) is 0.554. The molecule has 25 heavy (non-hydrogen) atoms. The van der Waals surface area contributed by atoms with Gasteiger partial charge in [-0.2, -0.15) is 0 Å². The maximum absolute atomic E-state index is 12.7. The number of benzene rings is 1. The van der Waals surface area contributed by atoms with E-state index >= 15 is 0 Å². The maximum atomic E-state index is 12.7. The Morgan fingerprint density at radius 1 is 1.20 bits per heavy atom. The number of methoxy groups -OCH3 is 1. The molecule has 0 aliphatic heterocycles. The molecule has 0 saturated heterocycles. The van der Waals surface area contributed by atoms with Crippen molar-refractivity contribution < 1.29 is 14.3 Å². The lowest BCUT2D eigenvalue weighted by Crippen LogP contribution is -2.39. The molecule has 5 heteroatoms. The number of rotatable bonds is 8. The van der Waals surface area contributed by atoms with Gasteiger partial charge in [-0.05, 0) is 36.8 Å². The summed E-state index contributed by atoms with van der Waals surface area (Å²) in [7, 11) is 1.38. The van der Waals surface area contributed by atoms with E-state index in [-0.39, 0.29) is 29.8 Å². The molecular formula is C20H30N2O3. The second kappa shape index (κ2) is 9.56. The fraction of sp³-hybridized carbons (Fsp3) is 0.600. The second-order valence-electron chi connectivity index (χ2n) is 7.09. The van der Waals surface area contributed by atoms with Crippen molar-refractivity contribution >= 4 is 11.9 Å². The zero-order valence-corrected chi connectivity index (χ0v) is 15.1. The summed E-state index contributed by atoms with van der Waals surface area (Å²) >= 11 is 0. The van der Waals surface area contributed by atoms with Gasteiger partial charge in [0.15, 0.2) is 0 Å². The molecule has 0 heterocycles. The summed E-state index contributed by atoms with van der Waals surface area (Å²) < 4.78 is 4.73. The van der Waals surface area contributed by atoms with Gasteiger partial charge >= 0.3 is 5.97 Å². The average molecular weight is 346 g/mol. The zero-order valence-electron chi connectivity index (χ0n) is 15.1. The lowest BCUT2D eigenvalue weighted by Gasteiger charge is -2.36. The number of nitrogens with two attached hydrogens (primary N) is 1. The Morgan fingerprint density at radius 2 is 1.88 bits per heavy atom. The van der Waals surface area contributed by atoms with Crippen LogP contribution in [0.2, 0.25) is 0 Å². The first-order chi connectivity index (χ1) is 12.1. The monoisotopic (exact) mass is 346 g/mol. The minimum Gasteiger partial charge on any atom is -0.469 e. The van der Waals surface area contributed by atoms with E-state index in [0.29, 0.717) is 19.4 Å². The van der Waals surface area contributed by atoms with Crippen molar-refractivity contribution in [2.75, 3.05) is 13.7 Å². The number of nitrogens with one attached hydrogen (secondary N) is 1. The molecule has 1 saturated carbocycles. The lowest BCUT2D eigenvalue weighted by atomic mass is 9.71. The van der Waals surface area contributed by atoms with E-state index in [1.807, 2.05) is 30.3 Å². The van der Waals surface area contributed by atoms with Crippen LogP contribution >= 0.6 is 0 Å². The Morgan fingerprint density at radius 3 is 2.48 bits per heavy atom. The molecule has 1 unspecified atom stereocenters. The van der Waals surface area contributed by atoms with Crippen LogP contribution in [-0.2, 0) is 14.3 Å². The molecule has 1 aromatic rings. The van der Waals surface area contributed by atoms with E-state index in [2.05, 4.69) is 5.32 Å². The van der Waals surface area contributed by atoms with Gasteiger partial charge in [0, 0.05) is 12.8 Å². The quantitative estimate of drug-likeness (QED) is 0.709. The summed E-state index contributed by atoms with van der Waals surface area (Å²) in [6.07, 6.45) is 6.84. The predicted molar refractivity (Wildman–Crippen MR) is 97.8 cm³/mol. The van der Waals surface area contributed by atoms with Crippen LogP contribution in [0.3, 0.4) is 0 Å². The number of carbonyl (C=O) groups is 2. The van der Waals surface area contributed by atoms with E-state index in [1.54, 1.807) is 0 Å². The zero-order chi connectivity index (χ0) is 18.1. The van der Waals surface area contributed by atoms with Crippen molar-refractivity contribution in [3.63, 3.8) is 0 Å². The number of amides is 1. The number of hydrogen-bond donors (Lipinski definition) is 2. The highest BCUT2D eigenvalue weighted by Gasteiger charge is 2.33. The minimum atomic E-state index is -0.263. The van der Waals surface area contributed by atoms with Gasteiger partial charge in [0.05, 0.1) is 13.2 Å². The SMILES string of the molecule is COC(=O)CCC(NC(=O)CC1(CN)CCCCC1)c1ccccc1. The molecule has 0 spiro atoms. The third-order valence-corrected chi connectivity index (χ3v) is 5.28. The van der Waals surface area contributed by atoms with E-state index < -0.39 is 0 Å². The maximum Gasteiger partial charge on any atom is 0.305 e. The van der Waals surface area contributed by atoms with Gasteiger partial charge < -0.3 is 15.8 Å². The first-order valence-electron chi connectivity index (χ1n) is 9.20. The van der Waals surface area contributed by atoms with E-state index in [9.17, 15) is 9.59 Å². The van der Waals surface area contributed by atoms with Crippen molar-refractivity contribution in [2.24, 2.45) is 11.1 Å².